The van der Waals surface area contributed by atoms with E-state index in [0.29, 0.717) is 29.0 Å². The summed E-state index contributed by atoms with van der Waals surface area (Å²) in [4.78, 5) is 13.0. The number of nitrogens with two attached hydrogens (primary N) is 1. The van der Waals surface area contributed by atoms with Gasteiger partial charge in [-0.2, -0.15) is 5.10 Å². The van der Waals surface area contributed by atoms with Crippen LogP contribution >= 0.6 is 11.6 Å². The lowest BCUT2D eigenvalue weighted by Crippen LogP contribution is -2.07. The highest BCUT2D eigenvalue weighted by Gasteiger charge is 2.09. The summed E-state index contributed by atoms with van der Waals surface area (Å²) in [6.45, 7) is 0.528. The lowest BCUT2D eigenvalue weighted by Gasteiger charge is -2.09. The molecule has 4 rings (SSSR count). The van der Waals surface area contributed by atoms with Gasteiger partial charge in [-0.15, -0.1) is 0 Å². The molecule has 0 amide bonds. The summed E-state index contributed by atoms with van der Waals surface area (Å²) in [5.41, 5.74) is 9.34. The van der Waals surface area contributed by atoms with E-state index in [4.69, 9.17) is 17.3 Å². The van der Waals surface area contributed by atoms with E-state index in [1.807, 2.05) is 36.0 Å². The van der Waals surface area contributed by atoms with Gasteiger partial charge in [0.15, 0.2) is 11.6 Å². The molecule has 25 heavy (non-hydrogen) atoms. The van der Waals surface area contributed by atoms with E-state index in [1.165, 1.54) is 0 Å². The fraction of sp³-hybridized carbons (Fsp3) is 0.125. The van der Waals surface area contributed by atoms with Gasteiger partial charge < -0.3 is 11.1 Å². The molecule has 4 heterocycles. The molecule has 0 unspecified atom stereocenters. The molecule has 9 heteroatoms. The number of hydrogen-bond donors (Lipinski definition) is 2. The maximum absolute atomic E-state index is 6.11. The molecule has 3 N–H and O–H groups in total. The van der Waals surface area contributed by atoms with Crippen LogP contribution in [0.25, 0.3) is 16.9 Å². The number of aryl methyl sites for hydroxylation is 1. The first-order valence-electron chi connectivity index (χ1n) is 7.57. The van der Waals surface area contributed by atoms with Crippen LogP contribution in [0.5, 0.6) is 0 Å². The smallest absolute Gasteiger partial charge is 0.169 e. The zero-order chi connectivity index (χ0) is 17.4. The third-order valence-electron chi connectivity index (χ3n) is 3.78. The average Bonchev–Trinajstić information content (AvgIpc) is 3.20. The maximum Gasteiger partial charge on any atom is 0.169 e. The molecule has 0 spiro atoms. The van der Waals surface area contributed by atoms with E-state index in [9.17, 15) is 0 Å². The highest BCUT2D eigenvalue weighted by atomic mass is 35.5. The number of nitrogen functional groups attached to an aromatic ring is 1. The van der Waals surface area contributed by atoms with Gasteiger partial charge in [-0.25, -0.2) is 15.0 Å². The Morgan fingerprint density at radius 1 is 1.16 bits per heavy atom. The SMILES string of the molecule is Cn1cc(-c2cnc(N)c(NCc3ccc4ncc(Cl)n4c3)n2)cn1. The molecule has 8 nitrogen and oxygen atoms in total. The predicted molar refractivity (Wildman–Crippen MR) is 96.2 cm³/mol. The Morgan fingerprint density at radius 3 is 2.84 bits per heavy atom. The Balaban J connectivity index is 1.58. The summed E-state index contributed by atoms with van der Waals surface area (Å²) in [7, 11) is 1.85. The second-order valence-corrected chi connectivity index (χ2v) is 5.98. The topological polar surface area (TPSA) is 99.0 Å². The highest BCUT2D eigenvalue weighted by Crippen LogP contribution is 2.21. The molecule has 0 atom stereocenters. The standard InChI is InChI=1S/C16H15ClN8/c1-24-9-11(5-22-24)12-6-20-15(18)16(23-12)21-4-10-2-3-14-19-7-13(17)25(14)8-10/h2-3,5-9H,4H2,1H3,(H2,18,20)(H,21,23). The number of halogens is 1. The molecule has 0 saturated heterocycles. The quantitative estimate of drug-likeness (QED) is 0.583. The molecule has 0 aliphatic carbocycles. The Morgan fingerprint density at radius 2 is 2.04 bits per heavy atom. The summed E-state index contributed by atoms with van der Waals surface area (Å²) in [5, 5.41) is 7.93. The number of fused-ring (bicyclic) bond motifs is 1. The van der Waals surface area contributed by atoms with Crippen molar-refractivity contribution in [3.63, 3.8) is 0 Å². The molecular weight excluding hydrogens is 340 g/mol. The molecule has 0 saturated carbocycles. The van der Waals surface area contributed by atoms with E-state index in [0.717, 1.165) is 16.8 Å². The third kappa shape index (κ3) is 2.99. The van der Waals surface area contributed by atoms with Crippen molar-refractivity contribution >= 4 is 28.9 Å². The monoisotopic (exact) mass is 354 g/mol. The number of rotatable bonds is 4. The minimum atomic E-state index is 0.342. The van der Waals surface area contributed by atoms with E-state index in [-0.39, 0.29) is 0 Å². The average molecular weight is 355 g/mol. The van der Waals surface area contributed by atoms with Gasteiger partial charge in [0.05, 0.1) is 24.3 Å². The number of nitrogens with zero attached hydrogens (tertiary/aromatic N) is 6. The zero-order valence-corrected chi connectivity index (χ0v) is 14.1. The molecule has 0 bridgehead atoms. The van der Waals surface area contributed by atoms with Gasteiger partial charge >= 0.3 is 0 Å². The molecule has 0 aliphatic heterocycles. The number of nitrogens with one attached hydrogen (secondary N) is 1. The van der Waals surface area contributed by atoms with Crippen molar-refractivity contribution in [1.82, 2.24) is 29.1 Å². The number of anilines is 2. The molecule has 4 aromatic rings. The lowest BCUT2D eigenvalue weighted by atomic mass is 10.2. The van der Waals surface area contributed by atoms with Gasteiger partial charge in [-0.05, 0) is 11.6 Å². The maximum atomic E-state index is 6.11. The van der Waals surface area contributed by atoms with Crippen molar-refractivity contribution in [2.24, 2.45) is 7.05 Å². The Bertz CT molecular complexity index is 1050. The van der Waals surface area contributed by atoms with Crippen LogP contribution in [0.2, 0.25) is 5.15 Å². The summed E-state index contributed by atoms with van der Waals surface area (Å²) in [5.74, 6) is 0.868. The van der Waals surface area contributed by atoms with Gasteiger partial charge in [0.1, 0.15) is 10.8 Å². The van der Waals surface area contributed by atoms with Crippen LogP contribution in [-0.2, 0) is 13.6 Å². The molecule has 0 radical (unpaired) electrons. The van der Waals surface area contributed by atoms with Gasteiger partial charge in [0.25, 0.3) is 0 Å². The predicted octanol–water partition coefficient (Wildman–Crippen LogP) is 2.37. The number of aromatic nitrogens is 6. The van der Waals surface area contributed by atoms with Crippen LogP contribution in [0.15, 0.2) is 43.1 Å². The first-order valence-corrected chi connectivity index (χ1v) is 7.95. The van der Waals surface area contributed by atoms with Gasteiger partial charge in [-0.1, -0.05) is 17.7 Å². The Labute approximate surface area is 148 Å². The molecule has 126 valence electrons. The molecular formula is C16H15ClN8. The number of pyridine rings is 1. The van der Waals surface area contributed by atoms with Gasteiger partial charge in [0, 0.05) is 31.5 Å². The van der Waals surface area contributed by atoms with Crippen LogP contribution in [0.1, 0.15) is 5.56 Å². The van der Waals surface area contributed by atoms with E-state index >= 15 is 0 Å². The highest BCUT2D eigenvalue weighted by molar-refractivity contribution is 6.29. The molecule has 0 aromatic carbocycles. The van der Waals surface area contributed by atoms with Crippen LogP contribution in [0.4, 0.5) is 11.6 Å². The van der Waals surface area contributed by atoms with Crippen LogP contribution in [0.3, 0.4) is 0 Å². The summed E-state index contributed by atoms with van der Waals surface area (Å²) in [6.07, 6.45) is 8.79. The minimum Gasteiger partial charge on any atom is -0.381 e. The van der Waals surface area contributed by atoms with Crippen molar-refractivity contribution in [2.45, 2.75) is 6.54 Å². The van der Waals surface area contributed by atoms with Gasteiger partial charge in [0.2, 0.25) is 0 Å². The Hall–Kier alpha value is -3.13. The van der Waals surface area contributed by atoms with Crippen molar-refractivity contribution in [1.29, 1.82) is 0 Å². The minimum absolute atomic E-state index is 0.342. The normalized spacial score (nSPS) is 11.1. The van der Waals surface area contributed by atoms with E-state index in [2.05, 4.69) is 25.4 Å². The summed E-state index contributed by atoms with van der Waals surface area (Å²) < 4.78 is 3.53. The number of imidazole rings is 1. The summed E-state index contributed by atoms with van der Waals surface area (Å²) in [6, 6.07) is 3.88. The fourth-order valence-electron chi connectivity index (χ4n) is 2.51. The molecule has 4 aromatic heterocycles. The zero-order valence-electron chi connectivity index (χ0n) is 13.4. The Kier molecular flexibility index (Phi) is 3.73. The first-order chi connectivity index (χ1) is 12.1. The largest absolute Gasteiger partial charge is 0.381 e. The number of hydrogen-bond acceptors (Lipinski definition) is 6. The third-order valence-corrected chi connectivity index (χ3v) is 4.06. The van der Waals surface area contributed by atoms with Crippen LogP contribution < -0.4 is 11.1 Å². The fourth-order valence-corrected chi connectivity index (χ4v) is 2.69. The van der Waals surface area contributed by atoms with Crippen molar-refractivity contribution in [3.05, 3.63) is 53.8 Å². The van der Waals surface area contributed by atoms with Crippen molar-refractivity contribution < 1.29 is 0 Å². The van der Waals surface area contributed by atoms with E-state index < -0.39 is 0 Å². The second kappa shape index (κ2) is 6.06. The molecule has 0 aliphatic rings. The van der Waals surface area contributed by atoms with Crippen molar-refractivity contribution in [2.75, 3.05) is 11.1 Å². The lowest BCUT2D eigenvalue weighted by molar-refractivity contribution is 0.768. The van der Waals surface area contributed by atoms with Crippen LogP contribution in [-0.4, -0.2) is 29.1 Å². The van der Waals surface area contributed by atoms with Gasteiger partial charge in [-0.3, -0.25) is 9.08 Å². The second-order valence-electron chi connectivity index (χ2n) is 5.59. The first kappa shape index (κ1) is 15.4. The van der Waals surface area contributed by atoms with Crippen LogP contribution in [0, 0.1) is 0 Å². The summed E-state index contributed by atoms with van der Waals surface area (Å²) >= 11 is 6.11. The van der Waals surface area contributed by atoms with E-state index in [1.54, 1.807) is 23.3 Å². The molecule has 0 fully saturated rings. The van der Waals surface area contributed by atoms with Crippen molar-refractivity contribution in [3.8, 4) is 11.3 Å².